The molecule has 0 aliphatic heterocycles. The third-order valence-corrected chi connectivity index (χ3v) is 4.37. The van der Waals surface area contributed by atoms with Gasteiger partial charge in [-0.3, -0.25) is 4.79 Å². The Morgan fingerprint density at radius 2 is 1.75 bits per heavy atom. The molecule has 0 heterocycles. The summed E-state index contributed by atoms with van der Waals surface area (Å²) in [5.41, 5.74) is 4.40. The smallest absolute Gasteiger partial charge is 0.251 e. The Morgan fingerprint density at radius 3 is 2.43 bits per heavy atom. The summed E-state index contributed by atoms with van der Waals surface area (Å²) in [6, 6.07) is 16.1. The van der Waals surface area contributed by atoms with E-state index in [9.17, 15) is 4.79 Å². The van der Waals surface area contributed by atoms with Gasteiger partial charge in [-0.1, -0.05) is 43.3 Å². The second-order valence-corrected chi connectivity index (χ2v) is 6.27. The van der Waals surface area contributed by atoms with E-state index in [1.807, 2.05) is 24.3 Å². The van der Waals surface area contributed by atoms with Crippen LogP contribution in [-0.4, -0.2) is 32.0 Å². The highest BCUT2D eigenvalue weighted by Crippen LogP contribution is 2.10. The topological polar surface area (TPSA) is 65.5 Å². The molecule has 0 aliphatic carbocycles. The van der Waals surface area contributed by atoms with Gasteiger partial charge in [-0.2, -0.15) is 0 Å². The summed E-state index contributed by atoms with van der Waals surface area (Å²) in [4.78, 5) is 16.5. The zero-order chi connectivity index (χ0) is 19.5. The predicted molar refractivity (Wildman–Crippen MR) is 128 cm³/mol. The van der Waals surface area contributed by atoms with Gasteiger partial charge in [0.25, 0.3) is 5.91 Å². The lowest BCUT2D eigenvalue weighted by atomic mass is 10.1. The normalized spacial score (nSPS) is 10.8. The molecule has 0 saturated heterocycles. The van der Waals surface area contributed by atoms with E-state index in [1.165, 1.54) is 11.1 Å². The van der Waals surface area contributed by atoms with Gasteiger partial charge in [0.1, 0.15) is 0 Å². The van der Waals surface area contributed by atoms with Crippen LogP contribution >= 0.6 is 24.0 Å². The molecule has 2 rings (SSSR count). The molecule has 0 unspecified atom stereocenters. The molecule has 0 atom stereocenters. The van der Waals surface area contributed by atoms with E-state index in [-0.39, 0.29) is 29.9 Å². The fourth-order valence-corrected chi connectivity index (χ4v) is 2.90. The highest BCUT2D eigenvalue weighted by molar-refractivity contribution is 14.0. The number of halogens is 1. The predicted octanol–water partition coefficient (Wildman–Crippen LogP) is 3.52. The lowest BCUT2D eigenvalue weighted by Gasteiger charge is -2.12. The minimum Gasteiger partial charge on any atom is -0.357 e. The van der Waals surface area contributed by atoms with Gasteiger partial charge in [0.15, 0.2) is 5.96 Å². The molecule has 0 aromatic heterocycles. The first-order chi connectivity index (χ1) is 13.2. The number of nitrogens with one attached hydrogen (secondary N) is 3. The third kappa shape index (κ3) is 7.50. The summed E-state index contributed by atoms with van der Waals surface area (Å²) in [6.45, 7) is 6.44. The van der Waals surface area contributed by atoms with Gasteiger partial charge in [-0.15, -0.1) is 24.0 Å². The second kappa shape index (κ2) is 13.1. The number of guanidine groups is 1. The van der Waals surface area contributed by atoms with E-state index in [0.717, 1.165) is 37.5 Å². The number of hydrogen-bond donors (Lipinski definition) is 3. The molecule has 0 fully saturated rings. The third-order valence-electron chi connectivity index (χ3n) is 4.37. The molecule has 0 radical (unpaired) electrons. The molecule has 1 amide bonds. The van der Waals surface area contributed by atoms with Crippen LogP contribution in [-0.2, 0) is 19.4 Å². The maximum Gasteiger partial charge on any atom is 0.251 e. The second-order valence-electron chi connectivity index (χ2n) is 6.27. The summed E-state index contributed by atoms with van der Waals surface area (Å²) < 4.78 is 0. The van der Waals surface area contributed by atoms with E-state index in [2.05, 4.69) is 54.1 Å². The minimum atomic E-state index is -0.0608. The van der Waals surface area contributed by atoms with Crippen LogP contribution in [0.4, 0.5) is 0 Å². The van der Waals surface area contributed by atoms with Crippen molar-refractivity contribution in [2.24, 2.45) is 4.99 Å². The Hall–Kier alpha value is -2.09. The summed E-state index contributed by atoms with van der Waals surface area (Å²) >= 11 is 0. The average molecular weight is 494 g/mol. The number of nitrogens with zero attached hydrogens (tertiary/aromatic N) is 1. The zero-order valence-corrected chi connectivity index (χ0v) is 19.2. The van der Waals surface area contributed by atoms with Gasteiger partial charge in [-0.25, -0.2) is 4.99 Å². The standard InChI is InChI=1S/C22H30N4O.HI/c1-4-18-10-6-7-11-20(18)16-26-22(24-5-2)25-14-13-17-9-8-12-19(15-17)21(27)23-3;/h6-12,15H,4-5,13-14,16H2,1-3H3,(H,23,27)(H2,24,25,26);1H. The van der Waals surface area contributed by atoms with Crippen LogP contribution in [0.15, 0.2) is 53.5 Å². The Morgan fingerprint density at radius 1 is 1.00 bits per heavy atom. The summed E-state index contributed by atoms with van der Waals surface area (Å²) in [5.74, 6) is 0.750. The number of carbonyl (C=O) groups excluding carboxylic acids is 1. The molecule has 2 aromatic rings. The van der Waals surface area contributed by atoms with Crippen molar-refractivity contribution in [2.75, 3.05) is 20.1 Å². The molecular formula is C22H31IN4O. The quantitative estimate of drug-likeness (QED) is 0.299. The van der Waals surface area contributed by atoms with E-state index >= 15 is 0 Å². The first kappa shape index (κ1) is 23.9. The summed E-state index contributed by atoms with van der Waals surface area (Å²) in [7, 11) is 1.65. The molecule has 3 N–H and O–H groups in total. The van der Waals surface area contributed by atoms with Crippen LogP contribution in [0.25, 0.3) is 0 Å². The van der Waals surface area contributed by atoms with E-state index in [1.54, 1.807) is 7.05 Å². The molecule has 0 spiro atoms. The Kier molecular flexibility index (Phi) is 11.2. The lowest BCUT2D eigenvalue weighted by molar-refractivity contribution is 0.0963. The van der Waals surface area contributed by atoms with Crippen molar-refractivity contribution in [3.63, 3.8) is 0 Å². The lowest BCUT2D eigenvalue weighted by Crippen LogP contribution is -2.38. The molecular weight excluding hydrogens is 463 g/mol. The number of aryl methyl sites for hydroxylation is 1. The molecule has 0 saturated carbocycles. The SMILES string of the molecule is CCNC(=NCc1ccccc1CC)NCCc1cccc(C(=O)NC)c1.I. The first-order valence-electron chi connectivity index (χ1n) is 9.57. The number of carbonyl (C=O) groups is 1. The van der Waals surface area contributed by atoms with Crippen LogP contribution < -0.4 is 16.0 Å². The van der Waals surface area contributed by atoms with Gasteiger partial charge in [-0.05, 0) is 48.6 Å². The fourth-order valence-electron chi connectivity index (χ4n) is 2.90. The van der Waals surface area contributed by atoms with Crippen molar-refractivity contribution >= 4 is 35.8 Å². The van der Waals surface area contributed by atoms with E-state index < -0.39 is 0 Å². The molecule has 2 aromatic carbocycles. The Balaban J connectivity index is 0.00000392. The molecule has 5 nitrogen and oxygen atoms in total. The highest BCUT2D eigenvalue weighted by Gasteiger charge is 2.04. The highest BCUT2D eigenvalue weighted by atomic mass is 127. The number of aliphatic imine (C=N–C) groups is 1. The van der Waals surface area contributed by atoms with Gasteiger partial charge in [0, 0.05) is 25.7 Å². The van der Waals surface area contributed by atoms with Crippen molar-refractivity contribution in [2.45, 2.75) is 33.2 Å². The number of amides is 1. The molecule has 6 heteroatoms. The molecule has 152 valence electrons. The number of hydrogen-bond acceptors (Lipinski definition) is 2. The van der Waals surface area contributed by atoms with Crippen LogP contribution in [0.5, 0.6) is 0 Å². The Labute approximate surface area is 185 Å². The Bertz CT molecular complexity index is 777. The van der Waals surface area contributed by atoms with Crippen LogP contribution in [0, 0.1) is 0 Å². The van der Waals surface area contributed by atoms with Crippen LogP contribution in [0.3, 0.4) is 0 Å². The largest absolute Gasteiger partial charge is 0.357 e. The molecule has 0 bridgehead atoms. The summed E-state index contributed by atoms with van der Waals surface area (Å²) in [6.07, 6.45) is 1.83. The van der Waals surface area contributed by atoms with Gasteiger partial charge in [0.05, 0.1) is 6.54 Å². The maximum atomic E-state index is 11.7. The van der Waals surface area contributed by atoms with Crippen molar-refractivity contribution in [3.05, 3.63) is 70.8 Å². The zero-order valence-electron chi connectivity index (χ0n) is 16.9. The van der Waals surface area contributed by atoms with Gasteiger partial charge >= 0.3 is 0 Å². The van der Waals surface area contributed by atoms with Crippen molar-refractivity contribution in [1.82, 2.24) is 16.0 Å². The van der Waals surface area contributed by atoms with Crippen LogP contribution in [0.1, 0.15) is 40.9 Å². The summed E-state index contributed by atoms with van der Waals surface area (Å²) in [5, 5.41) is 9.33. The number of rotatable bonds is 8. The van der Waals surface area contributed by atoms with Gasteiger partial charge in [0.2, 0.25) is 0 Å². The molecule has 28 heavy (non-hydrogen) atoms. The minimum absolute atomic E-state index is 0. The van der Waals surface area contributed by atoms with Crippen molar-refractivity contribution in [1.29, 1.82) is 0 Å². The van der Waals surface area contributed by atoms with E-state index in [0.29, 0.717) is 12.1 Å². The molecule has 0 aliphatic rings. The van der Waals surface area contributed by atoms with Gasteiger partial charge < -0.3 is 16.0 Å². The van der Waals surface area contributed by atoms with E-state index in [4.69, 9.17) is 4.99 Å². The van der Waals surface area contributed by atoms with Crippen molar-refractivity contribution < 1.29 is 4.79 Å². The average Bonchev–Trinajstić information content (AvgIpc) is 2.71. The fraction of sp³-hybridized carbons (Fsp3) is 0.364. The van der Waals surface area contributed by atoms with Crippen molar-refractivity contribution in [3.8, 4) is 0 Å². The first-order valence-corrected chi connectivity index (χ1v) is 9.57. The monoisotopic (exact) mass is 494 g/mol. The number of benzene rings is 2. The maximum absolute atomic E-state index is 11.7. The van der Waals surface area contributed by atoms with Crippen LogP contribution in [0.2, 0.25) is 0 Å².